The second-order valence-corrected chi connectivity index (χ2v) is 6.28. The molecule has 0 aliphatic rings. The number of nitrogens with one attached hydrogen (secondary N) is 1. The Kier molecular flexibility index (Phi) is 5.77. The highest BCUT2D eigenvalue weighted by Gasteiger charge is 2.06. The minimum Gasteiger partial charge on any atom is -0.457 e. The minimum atomic E-state index is 0.408. The van der Waals surface area contributed by atoms with Gasteiger partial charge < -0.3 is 10.1 Å². The van der Waals surface area contributed by atoms with Crippen molar-refractivity contribution < 1.29 is 4.74 Å². The molecule has 0 amide bonds. The van der Waals surface area contributed by atoms with Crippen LogP contribution in [0.3, 0.4) is 0 Å². The first kappa shape index (κ1) is 16.4. The Morgan fingerprint density at radius 2 is 1.62 bits per heavy atom. The largest absolute Gasteiger partial charge is 0.457 e. The van der Waals surface area contributed by atoms with Crippen LogP contribution in [0.4, 0.5) is 0 Å². The van der Waals surface area contributed by atoms with Gasteiger partial charge in [-0.2, -0.15) is 0 Å². The molecule has 2 aromatic rings. The maximum absolute atomic E-state index is 6.27. The number of hydrogen-bond acceptors (Lipinski definition) is 2. The van der Waals surface area contributed by atoms with Gasteiger partial charge in [-0.05, 0) is 35.9 Å². The van der Waals surface area contributed by atoms with Crippen molar-refractivity contribution in [2.24, 2.45) is 0 Å². The lowest BCUT2D eigenvalue weighted by Crippen LogP contribution is -2.21. The summed E-state index contributed by atoms with van der Waals surface area (Å²) < 4.78 is 5.73. The van der Waals surface area contributed by atoms with Crippen LogP contribution in [-0.2, 0) is 6.54 Å². The van der Waals surface area contributed by atoms with E-state index in [1.807, 2.05) is 12.1 Å². The molecule has 0 fully saturated rings. The molecule has 0 unspecified atom stereocenters. The zero-order valence-corrected chi connectivity index (χ0v) is 14.1. The van der Waals surface area contributed by atoms with Gasteiger partial charge in [-0.3, -0.25) is 0 Å². The topological polar surface area (TPSA) is 21.3 Å². The van der Waals surface area contributed by atoms with Crippen LogP contribution >= 0.6 is 34.8 Å². The first-order chi connectivity index (χ1) is 9.94. The summed E-state index contributed by atoms with van der Waals surface area (Å²) in [6.07, 6.45) is 0. The quantitative estimate of drug-likeness (QED) is 0.725. The van der Waals surface area contributed by atoms with Crippen LogP contribution < -0.4 is 10.1 Å². The van der Waals surface area contributed by atoms with E-state index < -0.39 is 0 Å². The Bertz CT molecular complexity index is 609. The molecule has 0 bridgehead atoms. The summed E-state index contributed by atoms with van der Waals surface area (Å²) in [4.78, 5) is 0. The Labute approximate surface area is 140 Å². The van der Waals surface area contributed by atoms with Gasteiger partial charge >= 0.3 is 0 Å². The molecular formula is C16H16Cl3NO. The van der Waals surface area contributed by atoms with E-state index in [1.54, 1.807) is 24.3 Å². The monoisotopic (exact) mass is 343 g/mol. The minimum absolute atomic E-state index is 0.408. The number of benzene rings is 2. The van der Waals surface area contributed by atoms with E-state index in [0.717, 1.165) is 12.1 Å². The lowest BCUT2D eigenvalue weighted by molar-refractivity contribution is 0.482. The van der Waals surface area contributed by atoms with Crippen LogP contribution in [0.25, 0.3) is 0 Å². The third kappa shape index (κ3) is 5.08. The van der Waals surface area contributed by atoms with Crippen LogP contribution in [-0.4, -0.2) is 6.04 Å². The molecule has 1 N–H and O–H groups in total. The molecule has 5 heteroatoms. The van der Waals surface area contributed by atoms with Crippen LogP contribution in [0.2, 0.25) is 15.1 Å². The van der Waals surface area contributed by atoms with E-state index in [4.69, 9.17) is 39.5 Å². The molecule has 21 heavy (non-hydrogen) atoms. The van der Waals surface area contributed by atoms with E-state index in [9.17, 15) is 0 Å². The highest BCUT2D eigenvalue weighted by molar-refractivity contribution is 6.34. The average molecular weight is 345 g/mol. The smallest absolute Gasteiger partial charge is 0.130 e. The van der Waals surface area contributed by atoms with Gasteiger partial charge in [-0.15, -0.1) is 0 Å². The number of rotatable bonds is 5. The fraction of sp³-hybridized carbons (Fsp3) is 0.250. The highest BCUT2D eigenvalue weighted by atomic mass is 35.5. The van der Waals surface area contributed by atoms with Gasteiger partial charge in [0.2, 0.25) is 0 Å². The predicted molar refractivity (Wildman–Crippen MR) is 90.0 cm³/mol. The summed E-state index contributed by atoms with van der Waals surface area (Å²) in [6.45, 7) is 4.91. The van der Waals surface area contributed by atoms with E-state index in [1.165, 1.54) is 0 Å². The second kappa shape index (κ2) is 7.37. The molecular weight excluding hydrogens is 329 g/mol. The van der Waals surface area contributed by atoms with Gasteiger partial charge in [0.05, 0.1) is 0 Å². The van der Waals surface area contributed by atoms with Gasteiger partial charge in [0.25, 0.3) is 0 Å². The van der Waals surface area contributed by atoms with Crippen molar-refractivity contribution in [2.75, 3.05) is 0 Å². The predicted octanol–water partition coefficient (Wildman–Crippen LogP) is 5.94. The average Bonchev–Trinajstić information content (AvgIpc) is 2.36. The first-order valence-corrected chi connectivity index (χ1v) is 7.73. The third-order valence-electron chi connectivity index (χ3n) is 2.80. The van der Waals surface area contributed by atoms with E-state index in [0.29, 0.717) is 32.6 Å². The maximum atomic E-state index is 6.27. The lowest BCUT2D eigenvalue weighted by atomic mass is 10.2. The molecule has 2 rings (SSSR count). The van der Waals surface area contributed by atoms with Crippen molar-refractivity contribution in [1.82, 2.24) is 5.32 Å². The van der Waals surface area contributed by atoms with Gasteiger partial charge in [0.15, 0.2) is 0 Å². The van der Waals surface area contributed by atoms with Crippen molar-refractivity contribution in [3.05, 3.63) is 57.0 Å². The lowest BCUT2D eigenvalue weighted by Gasteiger charge is -2.12. The standard InChI is InChI=1S/C16H16Cl3NO/c1-10(2)20-9-11-3-4-14(8-16(11)19)21-15-6-12(17)5-13(18)7-15/h3-8,10,20H,9H2,1-2H3. The van der Waals surface area contributed by atoms with E-state index >= 15 is 0 Å². The zero-order valence-electron chi connectivity index (χ0n) is 11.8. The van der Waals surface area contributed by atoms with Gasteiger partial charge in [-0.1, -0.05) is 54.7 Å². The molecule has 112 valence electrons. The summed E-state index contributed by atoms with van der Waals surface area (Å²) in [5, 5.41) is 5.05. The molecule has 0 radical (unpaired) electrons. The number of ether oxygens (including phenoxy) is 1. The van der Waals surface area contributed by atoms with E-state index in [-0.39, 0.29) is 0 Å². The second-order valence-electron chi connectivity index (χ2n) is 5.00. The molecule has 0 saturated heterocycles. The molecule has 0 aliphatic heterocycles. The molecule has 0 atom stereocenters. The molecule has 2 aromatic carbocycles. The molecule has 0 heterocycles. The summed E-state index contributed by atoms with van der Waals surface area (Å²) in [5.41, 5.74) is 1.03. The highest BCUT2D eigenvalue weighted by Crippen LogP contribution is 2.30. The van der Waals surface area contributed by atoms with E-state index in [2.05, 4.69) is 19.2 Å². The molecule has 0 saturated carbocycles. The fourth-order valence-electron chi connectivity index (χ4n) is 1.77. The van der Waals surface area contributed by atoms with Gasteiger partial charge in [0.1, 0.15) is 11.5 Å². The van der Waals surface area contributed by atoms with Gasteiger partial charge in [-0.25, -0.2) is 0 Å². The van der Waals surface area contributed by atoms with Crippen LogP contribution in [0.15, 0.2) is 36.4 Å². The van der Waals surface area contributed by atoms with Crippen LogP contribution in [0.1, 0.15) is 19.4 Å². The van der Waals surface area contributed by atoms with Crippen molar-refractivity contribution in [3.8, 4) is 11.5 Å². The summed E-state index contributed by atoms with van der Waals surface area (Å²) in [5.74, 6) is 1.23. The summed E-state index contributed by atoms with van der Waals surface area (Å²) in [7, 11) is 0. The summed E-state index contributed by atoms with van der Waals surface area (Å²) in [6, 6.07) is 11.1. The van der Waals surface area contributed by atoms with Gasteiger partial charge in [0, 0.05) is 27.7 Å². The third-order valence-corrected chi connectivity index (χ3v) is 3.59. The number of halogens is 3. The molecule has 2 nitrogen and oxygen atoms in total. The Hall–Kier alpha value is -0.930. The van der Waals surface area contributed by atoms with Crippen LogP contribution in [0.5, 0.6) is 11.5 Å². The van der Waals surface area contributed by atoms with Crippen LogP contribution in [0, 0.1) is 0 Å². The van der Waals surface area contributed by atoms with Crippen molar-refractivity contribution in [1.29, 1.82) is 0 Å². The molecule has 0 aliphatic carbocycles. The molecule has 0 spiro atoms. The molecule has 0 aromatic heterocycles. The zero-order chi connectivity index (χ0) is 15.4. The maximum Gasteiger partial charge on any atom is 0.130 e. The van der Waals surface area contributed by atoms with Crippen molar-refractivity contribution in [3.63, 3.8) is 0 Å². The Balaban J connectivity index is 2.12. The Morgan fingerprint density at radius 1 is 0.952 bits per heavy atom. The summed E-state index contributed by atoms with van der Waals surface area (Å²) >= 11 is 18.2. The SMILES string of the molecule is CC(C)NCc1ccc(Oc2cc(Cl)cc(Cl)c2)cc1Cl. The Morgan fingerprint density at radius 3 is 2.19 bits per heavy atom. The normalized spacial score (nSPS) is 11.0. The number of hydrogen-bond donors (Lipinski definition) is 1. The van der Waals surface area contributed by atoms with Crippen molar-refractivity contribution in [2.45, 2.75) is 26.4 Å². The first-order valence-electron chi connectivity index (χ1n) is 6.60. The van der Waals surface area contributed by atoms with Crippen molar-refractivity contribution >= 4 is 34.8 Å². The fourth-order valence-corrected chi connectivity index (χ4v) is 2.52.